The highest BCUT2D eigenvalue weighted by Gasteiger charge is 2.24. The molecule has 132 valence electrons. The number of halogens is 2. The molecule has 0 bridgehead atoms. The van der Waals surface area contributed by atoms with Gasteiger partial charge in [-0.25, -0.2) is 4.98 Å². The number of aromatic nitrogens is 1. The van der Waals surface area contributed by atoms with E-state index in [0.717, 1.165) is 45.8 Å². The molecule has 2 fully saturated rings. The van der Waals surface area contributed by atoms with Crippen molar-refractivity contribution < 1.29 is 4.79 Å². The number of rotatable bonds is 4. The molecule has 1 amide bonds. The fourth-order valence-corrected chi connectivity index (χ4v) is 3.99. The zero-order valence-corrected chi connectivity index (χ0v) is 15.7. The van der Waals surface area contributed by atoms with Gasteiger partial charge in [-0.2, -0.15) is 0 Å². The van der Waals surface area contributed by atoms with Crippen LogP contribution in [0.3, 0.4) is 0 Å². The third-order valence-corrected chi connectivity index (χ3v) is 5.36. The van der Waals surface area contributed by atoms with Crippen LogP contribution in [0.25, 0.3) is 0 Å². The predicted octanol–water partition coefficient (Wildman–Crippen LogP) is 1.99. The van der Waals surface area contributed by atoms with Crippen molar-refractivity contribution in [2.45, 2.75) is 25.2 Å². The smallest absolute Gasteiger partial charge is 0.223 e. The topological polar surface area (TPSA) is 48.5 Å². The molecule has 3 rings (SSSR count). The van der Waals surface area contributed by atoms with E-state index in [1.54, 1.807) is 11.3 Å². The highest BCUT2D eigenvalue weighted by Crippen LogP contribution is 2.28. The molecule has 5 nitrogen and oxygen atoms in total. The van der Waals surface area contributed by atoms with Crippen LogP contribution < -0.4 is 5.32 Å². The molecule has 1 aromatic rings. The van der Waals surface area contributed by atoms with E-state index in [2.05, 4.69) is 20.6 Å². The SMILES string of the molecule is Cl.Cl.O=C(CCN1CCCC(c2nccs2)C1)N1CCNCC1. The molecule has 0 spiro atoms. The molecule has 1 unspecified atom stereocenters. The number of likely N-dealkylation sites (tertiary alicyclic amines) is 1. The Kier molecular flexibility index (Phi) is 9.39. The summed E-state index contributed by atoms with van der Waals surface area (Å²) in [6, 6.07) is 0. The molecule has 1 aromatic heterocycles. The molecular weight excluding hydrogens is 355 g/mol. The lowest BCUT2D eigenvalue weighted by Crippen LogP contribution is -2.47. The van der Waals surface area contributed by atoms with Crippen LogP contribution in [0, 0.1) is 0 Å². The summed E-state index contributed by atoms with van der Waals surface area (Å²) in [5.41, 5.74) is 0. The van der Waals surface area contributed by atoms with Gasteiger partial charge in [-0.05, 0) is 19.4 Å². The number of hydrogen-bond donors (Lipinski definition) is 1. The summed E-state index contributed by atoms with van der Waals surface area (Å²) in [6.07, 6.45) is 5.00. The second-order valence-corrected chi connectivity index (χ2v) is 6.82. The fourth-order valence-electron chi connectivity index (χ4n) is 3.22. The van der Waals surface area contributed by atoms with Crippen LogP contribution in [0.4, 0.5) is 0 Å². The van der Waals surface area contributed by atoms with Gasteiger partial charge in [0.15, 0.2) is 0 Å². The van der Waals surface area contributed by atoms with Crippen molar-refractivity contribution >= 4 is 42.1 Å². The van der Waals surface area contributed by atoms with E-state index in [9.17, 15) is 4.79 Å². The van der Waals surface area contributed by atoms with Crippen molar-refractivity contribution in [3.63, 3.8) is 0 Å². The lowest BCUT2D eigenvalue weighted by atomic mass is 9.98. The molecule has 0 aromatic carbocycles. The van der Waals surface area contributed by atoms with E-state index < -0.39 is 0 Å². The molecule has 23 heavy (non-hydrogen) atoms. The van der Waals surface area contributed by atoms with Gasteiger partial charge in [-0.15, -0.1) is 36.2 Å². The Morgan fingerprint density at radius 3 is 2.78 bits per heavy atom. The highest BCUT2D eigenvalue weighted by atomic mass is 35.5. The standard InChI is InChI=1S/C15H24N4OS.2ClH/c20-14(19-9-4-16-5-10-19)3-8-18-7-1-2-13(12-18)15-17-6-11-21-15;;/h6,11,13,16H,1-5,7-10,12H2;2*1H. The summed E-state index contributed by atoms with van der Waals surface area (Å²) in [5.74, 6) is 0.876. The first kappa shape index (κ1) is 20.6. The predicted molar refractivity (Wildman–Crippen MR) is 99.1 cm³/mol. The van der Waals surface area contributed by atoms with E-state index in [1.165, 1.54) is 17.8 Å². The average molecular weight is 381 g/mol. The van der Waals surface area contributed by atoms with Gasteiger partial charge in [-0.1, -0.05) is 0 Å². The molecule has 8 heteroatoms. The van der Waals surface area contributed by atoms with Crippen LogP contribution in [0.2, 0.25) is 0 Å². The Balaban J connectivity index is 0.00000132. The van der Waals surface area contributed by atoms with Crippen LogP contribution in [0.15, 0.2) is 11.6 Å². The maximum Gasteiger partial charge on any atom is 0.223 e. The number of nitrogens with one attached hydrogen (secondary N) is 1. The normalized spacial score (nSPS) is 22.1. The summed E-state index contributed by atoms with van der Waals surface area (Å²) >= 11 is 1.76. The third-order valence-electron chi connectivity index (χ3n) is 4.42. The number of thiazole rings is 1. The lowest BCUT2D eigenvalue weighted by Gasteiger charge is -2.33. The molecule has 3 heterocycles. The summed E-state index contributed by atoms with van der Waals surface area (Å²) in [7, 11) is 0. The second kappa shape index (κ2) is 10.5. The van der Waals surface area contributed by atoms with Gasteiger partial charge in [0.1, 0.15) is 0 Å². The number of carbonyl (C=O) groups excluding carboxylic acids is 1. The summed E-state index contributed by atoms with van der Waals surface area (Å²) in [6.45, 7) is 6.66. The molecule has 2 saturated heterocycles. The van der Waals surface area contributed by atoms with Crippen molar-refractivity contribution in [3.8, 4) is 0 Å². The van der Waals surface area contributed by atoms with Gasteiger partial charge in [0.05, 0.1) is 5.01 Å². The Labute approximate surface area is 154 Å². The van der Waals surface area contributed by atoms with Gasteiger partial charge in [-0.3, -0.25) is 4.79 Å². The van der Waals surface area contributed by atoms with Crippen LogP contribution in [0.5, 0.6) is 0 Å². The molecule has 1 atom stereocenters. The number of piperidine rings is 1. The van der Waals surface area contributed by atoms with Gasteiger partial charge in [0, 0.05) is 63.2 Å². The van der Waals surface area contributed by atoms with Crippen LogP contribution in [-0.2, 0) is 4.79 Å². The highest BCUT2D eigenvalue weighted by molar-refractivity contribution is 7.09. The third kappa shape index (κ3) is 5.87. The van der Waals surface area contributed by atoms with E-state index in [-0.39, 0.29) is 24.8 Å². The summed E-state index contributed by atoms with van der Waals surface area (Å²) in [4.78, 5) is 21.1. The molecule has 2 aliphatic rings. The van der Waals surface area contributed by atoms with Gasteiger partial charge in [0.2, 0.25) is 5.91 Å². The number of piperazine rings is 1. The average Bonchev–Trinajstić information content (AvgIpc) is 3.08. The van der Waals surface area contributed by atoms with E-state index in [1.807, 2.05) is 11.1 Å². The Hall–Kier alpha value is -0.400. The zero-order chi connectivity index (χ0) is 14.5. The van der Waals surface area contributed by atoms with Crippen molar-refractivity contribution in [1.29, 1.82) is 0 Å². The van der Waals surface area contributed by atoms with Crippen LogP contribution >= 0.6 is 36.2 Å². The van der Waals surface area contributed by atoms with Crippen LogP contribution in [-0.4, -0.2) is 66.5 Å². The number of carbonyl (C=O) groups is 1. The number of hydrogen-bond acceptors (Lipinski definition) is 5. The first-order valence-corrected chi connectivity index (χ1v) is 8.81. The van der Waals surface area contributed by atoms with E-state index >= 15 is 0 Å². The summed E-state index contributed by atoms with van der Waals surface area (Å²) < 4.78 is 0. The fraction of sp³-hybridized carbons (Fsp3) is 0.733. The number of amides is 1. The lowest BCUT2D eigenvalue weighted by molar-refractivity contribution is -0.132. The first-order chi connectivity index (χ1) is 10.3. The monoisotopic (exact) mass is 380 g/mol. The van der Waals surface area contributed by atoms with E-state index in [4.69, 9.17) is 0 Å². The number of nitrogens with zero attached hydrogens (tertiary/aromatic N) is 3. The minimum Gasteiger partial charge on any atom is -0.340 e. The molecule has 0 aliphatic carbocycles. The Morgan fingerprint density at radius 1 is 1.30 bits per heavy atom. The van der Waals surface area contributed by atoms with Crippen molar-refractivity contribution in [2.24, 2.45) is 0 Å². The van der Waals surface area contributed by atoms with Gasteiger partial charge in [0.25, 0.3) is 0 Å². The maximum atomic E-state index is 12.2. The van der Waals surface area contributed by atoms with E-state index in [0.29, 0.717) is 18.2 Å². The summed E-state index contributed by atoms with van der Waals surface area (Å²) in [5, 5.41) is 6.60. The Morgan fingerprint density at radius 2 is 2.09 bits per heavy atom. The Bertz CT molecular complexity index is 454. The van der Waals surface area contributed by atoms with Crippen molar-refractivity contribution in [2.75, 3.05) is 45.8 Å². The minimum atomic E-state index is 0. The molecular formula is C15H26Cl2N4OS. The molecule has 1 N–H and O–H groups in total. The largest absolute Gasteiger partial charge is 0.340 e. The van der Waals surface area contributed by atoms with Gasteiger partial charge >= 0.3 is 0 Å². The molecule has 2 aliphatic heterocycles. The minimum absolute atomic E-state index is 0. The molecule has 0 radical (unpaired) electrons. The zero-order valence-electron chi connectivity index (χ0n) is 13.3. The first-order valence-electron chi connectivity index (χ1n) is 7.93. The quantitative estimate of drug-likeness (QED) is 0.867. The van der Waals surface area contributed by atoms with Crippen molar-refractivity contribution in [3.05, 3.63) is 16.6 Å². The van der Waals surface area contributed by atoms with Gasteiger partial charge < -0.3 is 15.1 Å². The second-order valence-electron chi connectivity index (χ2n) is 5.89. The molecule has 0 saturated carbocycles. The maximum absolute atomic E-state index is 12.2. The van der Waals surface area contributed by atoms with Crippen molar-refractivity contribution in [1.82, 2.24) is 20.1 Å². The van der Waals surface area contributed by atoms with Crippen LogP contribution in [0.1, 0.15) is 30.2 Å².